The number of allylic oxidation sites excluding steroid dienone is 4. The topological polar surface area (TPSA) is 226 Å². The van der Waals surface area contributed by atoms with E-state index in [0.29, 0.717) is 23.7 Å². The van der Waals surface area contributed by atoms with Crippen LogP contribution in [0.1, 0.15) is 267 Å². The fraction of sp³-hybridized carbons (Fsp3) is 0.812. The van der Waals surface area contributed by atoms with Gasteiger partial charge < -0.3 is 42.9 Å². The Kier molecular flexibility index (Phi) is 33.0. The Labute approximate surface area is 658 Å². The fourth-order valence-corrected chi connectivity index (χ4v) is 16.5. The van der Waals surface area contributed by atoms with Crippen molar-refractivity contribution < 1.29 is 76.3 Å². The molecule has 0 aromatic carbocycles. The molecule has 0 radical (unpaired) electrons. The van der Waals surface area contributed by atoms with Crippen LogP contribution in [0.15, 0.2) is 45.7 Å². The van der Waals surface area contributed by atoms with Gasteiger partial charge in [0, 0.05) is 30.5 Å². The number of epoxide rings is 1. The predicted molar refractivity (Wildman–Crippen MR) is 423 cm³/mol. The third-order valence-corrected chi connectivity index (χ3v) is 24.6. The molecule has 21 heteroatoms. The lowest BCUT2D eigenvalue weighted by molar-refractivity contribution is -0.151. The Morgan fingerprint density at radius 3 is 1.18 bits per heavy atom. The number of halogens is 4. The molecule has 9 fully saturated rings. The number of alkyl halides is 4. The second-order valence-electron chi connectivity index (χ2n) is 36.6. The SMILES string of the molecule is CC(C)=C=C1C(C(=O)OC(C)C)C1(C)C.CC(C)OC(=O)C1C(C)(C)C12CC2.CC(C)OC(=O)C1C(C2OC2(C)C)C1(C)C.CC(C)OC(=O)C1C(Cl)(Cl)C1(Cl)Cl.CCC(=CC1C(C(=O)OC(C)C)C1(C)C)C(C)=O.CCCCC=CC1C(C(=O)OC(C)C)C1(C)C.CN=CC1C(C(=O)OC(C)C)C1(C)C. The van der Waals surface area contributed by atoms with Crippen molar-refractivity contribution in [3.8, 4) is 0 Å². The van der Waals surface area contributed by atoms with Crippen LogP contribution in [0.2, 0.25) is 0 Å². The number of unbranched alkanes of at least 4 members (excludes halogenated alkanes) is 2. The van der Waals surface area contributed by atoms with E-state index in [1.54, 1.807) is 27.8 Å². The van der Waals surface area contributed by atoms with Crippen LogP contribution in [-0.4, -0.2) is 124 Å². The number of esters is 7. The van der Waals surface area contributed by atoms with Gasteiger partial charge in [0.1, 0.15) is 5.92 Å². The summed E-state index contributed by atoms with van der Waals surface area (Å²) in [6, 6.07) is 0. The van der Waals surface area contributed by atoms with Gasteiger partial charge in [0.2, 0.25) is 0 Å². The first kappa shape index (κ1) is 96.0. The van der Waals surface area contributed by atoms with E-state index in [9.17, 15) is 38.4 Å². The summed E-state index contributed by atoms with van der Waals surface area (Å²) in [5.41, 5.74) is 6.72. The Hall–Kier alpha value is -4.25. The lowest BCUT2D eigenvalue weighted by Gasteiger charge is -2.08. The molecule has 0 bridgehead atoms. The van der Waals surface area contributed by atoms with Crippen molar-refractivity contribution in [2.75, 3.05) is 7.05 Å². The average Bonchev–Trinajstić information content (AvgIpc) is 1.48. The third-order valence-electron chi connectivity index (χ3n) is 22.2. The van der Waals surface area contributed by atoms with E-state index >= 15 is 0 Å². The van der Waals surface area contributed by atoms with Gasteiger partial charge in [-0.3, -0.25) is 38.4 Å². The Morgan fingerprint density at radius 2 is 0.849 bits per heavy atom. The summed E-state index contributed by atoms with van der Waals surface area (Å²) in [6.07, 6.45) is 14.8. The van der Waals surface area contributed by atoms with Crippen molar-refractivity contribution in [1.82, 2.24) is 0 Å². The number of rotatable bonds is 23. The van der Waals surface area contributed by atoms with Gasteiger partial charge >= 0.3 is 41.8 Å². The summed E-state index contributed by atoms with van der Waals surface area (Å²) in [7, 11) is 1.74. The van der Waals surface area contributed by atoms with E-state index in [0.717, 1.165) is 23.1 Å². The lowest BCUT2D eigenvalue weighted by atomic mass is 10.0. The molecule has 11 atom stereocenters. The van der Waals surface area contributed by atoms with Gasteiger partial charge in [-0.1, -0.05) is 174 Å². The molecule has 9 rings (SSSR count). The van der Waals surface area contributed by atoms with E-state index in [-0.39, 0.29) is 176 Å². The maximum absolute atomic E-state index is 11.9. The molecule has 106 heavy (non-hydrogen) atoms. The van der Waals surface area contributed by atoms with E-state index in [1.165, 1.54) is 25.7 Å². The molecule has 1 spiro atoms. The fourth-order valence-electron chi connectivity index (χ4n) is 15.0. The molecule has 0 aromatic rings. The molecule has 9 aliphatic rings. The van der Waals surface area contributed by atoms with Crippen molar-refractivity contribution >= 4 is 100 Å². The average molecular weight is 1570 g/mol. The van der Waals surface area contributed by atoms with Crippen LogP contribution in [0.5, 0.6) is 0 Å². The molecule has 0 N–H and O–H groups in total. The number of Topliss-reactive ketones (excluding diaryl/α,β-unsaturated/α-hetero) is 1. The molecule has 1 heterocycles. The Bertz CT molecular complexity index is 3210. The highest BCUT2D eigenvalue weighted by atomic mass is 35.5. The largest absolute Gasteiger partial charge is 0.463 e. The molecule has 17 nitrogen and oxygen atoms in total. The second-order valence-corrected chi connectivity index (χ2v) is 39.4. The predicted octanol–water partition coefficient (Wildman–Crippen LogP) is 19.8. The van der Waals surface area contributed by atoms with Crippen molar-refractivity contribution in [1.29, 1.82) is 0 Å². The molecule has 8 aliphatic carbocycles. The van der Waals surface area contributed by atoms with Gasteiger partial charge in [-0.05, 0) is 218 Å². The summed E-state index contributed by atoms with van der Waals surface area (Å²) in [5, 5.41) is 0. The summed E-state index contributed by atoms with van der Waals surface area (Å²) in [4.78, 5) is 97.4. The number of hydrogen-bond acceptors (Lipinski definition) is 17. The maximum atomic E-state index is 11.9. The summed E-state index contributed by atoms with van der Waals surface area (Å²) >= 11 is 22.7. The number of carbonyl (C=O) groups is 8. The zero-order valence-electron chi connectivity index (χ0n) is 71.0. The van der Waals surface area contributed by atoms with Crippen LogP contribution >= 0.6 is 46.4 Å². The summed E-state index contributed by atoms with van der Waals surface area (Å²) in [6.45, 7) is 65.2. The minimum atomic E-state index is -1.43. The summed E-state index contributed by atoms with van der Waals surface area (Å²) in [5.74, 6) is -0.625. The molecular formula is C85H137Cl4NO16. The maximum Gasteiger partial charge on any atom is 0.315 e. The van der Waals surface area contributed by atoms with E-state index in [4.69, 9.17) is 84.3 Å². The minimum Gasteiger partial charge on any atom is -0.463 e. The number of carbonyl (C=O) groups excluding carboxylic acids is 8. The van der Waals surface area contributed by atoms with Gasteiger partial charge in [0.05, 0.1) is 89.9 Å². The number of ketones is 1. The first-order chi connectivity index (χ1) is 48.1. The van der Waals surface area contributed by atoms with Gasteiger partial charge in [-0.15, -0.1) is 5.73 Å². The van der Waals surface area contributed by atoms with Gasteiger partial charge in [0.25, 0.3) is 0 Å². The van der Waals surface area contributed by atoms with Crippen LogP contribution in [0.4, 0.5) is 0 Å². The number of nitrogens with zero attached hydrogens (tertiary/aromatic N) is 1. The quantitative estimate of drug-likeness (QED) is 0.0107. The zero-order chi connectivity index (χ0) is 82.5. The first-order valence-corrected chi connectivity index (χ1v) is 40.2. The smallest absolute Gasteiger partial charge is 0.315 e. The van der Waals surface area contributed by atoms with E-state index < -0.39 is 20.6 Å². The van der Waals surface area contributed by atoms with Crippen molar-refractivity contribution in [2.45, 2.75) is 330 Å². The zero-order valence-corrected chi connectivity index (χ0v) is 74.0. The number of ether oxygens (including phenoxy) is 8. The molecule has 0 aromatic heterocycles. The molecule has 11 unspecified atom stereocenters. The molecule has 1 saturated heterocycles. The highest BCUT2D eigenvalue weighted by Crippen LogP contribution is 2.82. The van der Waals surface area contributed by atoms with Crippen LogP contribution in [0.25, 0.3) is 0 Å². The van der Waals surface area contributed by atoms with E-state index in [2.05, 4.69) is 113 Å². The second kappa shape index (κ2) is 36.5. The molecule has 8 saturated carbocycles. The van der Waals surface area contributed by atoms with Crippen LogP contribution in [-0.2, 0) is 76.3 Å². The van der Waals surface area contributed by atoms with Crippen LogP contribution < -0.4 is 0 Å². The summed E-state index contributed by atoms with van der Waals surface area (Å²) < 4.78 is 39.1. The molecule has 606 valence electrons. The van der Waals surface area contributed by atoms with E-state index in [1.807, 2.05) is 130 Å². The monoisotopic (exact) mass is 1570 g/mol. The minimum absolute atomic E-state index is 0.00593. The van der Waals surface area contributed by atoms with Gasteiger partial charge in [0.15, 0.2) is 14.4 Å². The molecule has 1 aliphatic heterocycles. The van der Waals surface area contributed by atoms with Crippen molar-refractivity contribution in [2.24, 2.45) is 108 Å². The van der Waals surface area contributed by atoms with Crippen molar-refractivity contribution in [3.63, 3.8) is 0 Å². The highest BCUT2D eigenvalue weighted by molar-refractivity contribution is 6.69. The highest BCUT2D eigenvalue weighted by Gasteiger charge is 2.81. The Morgan fingerprint density at radius 1 is 0.500 bits per heavy atom. The normalized spacial score (nSPS) is 28.4. The van der Waals surface area contributed by atoms with Gasteiger partial charge in [-0.25, -0.2) is 0 Å². The molecular weight excluding hydrogens is 1430 g/mol. The standard InChI is InChI=1S/C15H24O3.C15H26O2.C13H22O3.C13H20O2.C11H19NO2.C11H18O2.C7H8Cl4O2/c1-7-11(10(4)16)8-12-13(15(12,5)6)14(17)18-9(2)3;1-6-7-8-9-10-12-13(15(12,4)5)14(16)17-11(2)3;1-7(2)15-11(14)9-8(12(9,3)4)10-13(5,6)16-10;1-8(2)7-10-11(13(10,5)6)12(14)15-9(3)4;1-7(2)14-10(13)9-8(6-12-5)11(9,3)4;1-7(2)13-9(12)8-10(3,4)11(8)5-6-11;1-3(2)13-5(12)4-6(8,9)7(4,10)11/h8-9,12-13H,7H2,1-6H3;9-13H,6-8H2,1-5H3;7-10H,1-6H3;9,11H,1-6H3;6-9H,1-5H3;7-8H,5-6H2,1-4H3;3-4H,1-2H3. The third kappa shape index (κ3) is 24.1. The molecule has 0 amide bonds. The lowest BCUT2D eigenvalue weighted by Crippen LogP contribution is -2.16. The number of aliphatic imine (C=N–C) groups is 1. The number of hydrogen-bond donors (Lipinski definition) is 0. The van der Waals surface area contributed by atoms with Gasteiger partial charge in [-0.2, -0.15) is 0 Å². The van der Waals surface area contributed by atoms with Crippen LogP contribution in [0.3, 0.4) is 0 Å². The van der Waals surface area contributed by atoms with Crippen molar-refractivity contribution in [3.05, 3.63) is 40.7 Å². The first-order valence-electron chi connectivity index (χ1n) is 38.7. The van der Waals surface area contributed by atoms with Crippen LogP contribution in [0, 0.1) is 103 Å². The Balaban J connectivity index is 0.000000322.